The van der Waals surface area contributed by atoms with Gasteiger partial charge in [-0.2, -0.15) is 0 Å². The molecule has 0 radical (unpaired) electrons. The van der Waals surface area contributed by atoms with E-state index in [0.29, 0.717) is 40.1 Å². The molecule has 0 aliphatic heterocycles. The Hall–Kier alpha value is -3.19. The van der Waals surface area contributed by atoms with Crippen LogP contribution in [0.15, 0.2) is 48.8 Å². The fraction of sp³-hybridized carbons (Fsp3) is 0.370. The minimum absolute atomic E-state index is 0.180. The zero-order valence-electron chi connectivity index (χ0n) is 20.1. The highest BCUT2D eigenvalue weighted by Crippen LogP contribution is 2.44. The molecule has 2 amide bonds. The van der Waals surface area contributed by atoms with Crippen LogP contribution in [0.5, 0.6) is 5.75 Å². The number of anilines is 2. The number of amides is 2. The molecule has 2 N–H and O–H groups in total. The van der Waals surface area contributed by atoms with E-state index in [1.54, 1.807) is 18.3 Å². The van der Waals surface area contributed by atoms with Crippen LogP contribution >= 0.6 is 11.3 Å². The molecule has 178 valence electrons. The van der Waals surface area contributed by atoms with Gasteiger partial charge in [0, 0.05) is 17.3 Å². The number of hydrogen-bond acceptors (Lipinski definition) is 5. The smallest absolute Gasteiger partial charge is 0.259 e. The second-order valence-corrected chi connectivity index (χ2v) is 10.7. The molecule has 6 nitrogen and oxygen atoms in total. The number of nitrogens with one attached hydrogen (secondary N) is 2. The number of pyridine rings is 1. The van der Waals surface area contributed by atoms with Gasteiger partial charge in [0.1, 0.15) is 10.8 Å². The molecule has 0 fully saturated rings. The molecule has 1 aliphatic rings. The van der Waals surface area contributed by atoms with Gasteiger partial charge in [-0.1, -0.05) is 32.9 Å². The molecule has 2 heterocycles. The molecule has 0 saturated heterocycles. The maximum absolute atomic E-state index is 13.6. The Morgan fingerprint density at radius 2 is 1.91 bits per heavy atom. The highest BCUT2D eigenvalue weighted by molar-refractivity contribution is 7.17. The summed E-state index contributed by atoms with van der Waals surface area (Å²) in [5, 5.41) is 6.60. The highest BCUT2D eigenvalue weighted by atomic mass is 32.1. The molecule has 4 rings (SSSR count). The molecule has 2 aromatic heterocycles. The SMILES string of the molecule is CCOc1ccccc1NC(=O)c1c(NC(=O)c2cccnc2)sc2c1CC[C@H](C(C)(C)C)C2. The van der Waals surface area contributed by atoms with Crippen molar-refractivity contribution in [1.29, 1.82) is 0 Å². The summed E-state index contributed by atoms with van der Waals surface area (Å²) in [5.41, 5.74) is 2.84. The summed E-state index contributed by atoms with van der Waals surface area (Å²) in [5.74, 6) is 0.634. The normalized spacial score (nSPS) is 15.4. The van der Waals surface area contributed by atoms with Crippen molar-refractivity contribution < 1.29 is 14.3 Å². The number of carbonyl (C=O) groups excluding carboxylic acids is 2. The molecular formula is C27H31N3O3S. The number of carbonyl (C=O) groups is 2. The monoisotopic (exact) mass is 477 g/mol. The van der Waals surface area contributed by atoms with E-state index < -0.39 is 0 Å². The van der Waals surface area contributed by atoms with Crippen LogP contribution in [0.25, 0.3) is 0 Å². The number of ether oxygens (including phenoxy) is 1. The predicted molar refractivity (Wildman–Crippen MR) is 137 cm³/mol. The number of benzene rings is 1. The van der Waals surface area contributed by atoms with Crippen molar-refractivity contribution in [3.8, 4) is 5.75 Å². The van der Waals surface area contributed by atoms with Crippen LogP contribution in [0.2, 0.25) is 0 Å². The molecule has 0 unspecified atom stereocenters. The molecular weight excluding hydrogens is 446 g/mol. The average molecular weight is 478 g/mol. The first-order valence-corrected chi connectivity index (χ1v) is 12.5. The van der Waals surface area contributed by atoms with E-state index in [-0.39, 0.29) is 17.2 Å². The first-order chi connectivity index (χ1) is 16.3. The largest absolute Gasteiger partial charge is 0.492 e. The summed E-state index contributed by atoms with van der Waals surface area (Å²) in [6.45, 7) is 9.20. The summed E-state index contributed by atoms with van der Waals surface area (Å²) >= 11 is 1.51. The van der Waals surface area contributed by atoms with Crippen LogP contribution in [-0.2, 0) is 12.8 Å². The lowest BCUT2D eigenvalue weighted by atomic mass is 9.72. The van der Waals surface area contributed by atoms with E-state index in [0.717, 1.165) is 24.8 Å². The highest BCUT2D eigenvalue weighted by Gasteiger charge is 2.34. The summed E-state index contributed by atoms with van der Waals surface area (Å²) in [4.78, 5) is 31.7. The lowest BCUT2D eigenvalue weighted by Crippen LogP contribution is -2.27. The Morgan fingerprint density at radius 1 is 1.12 bits per heavy atom. The quantitative estimate of drug-likeness (QED) is 0.443. The molecule has 34 heavy (non-hydrogen) atoms. The molecule has 1 atom stereocenters. The number of fused-ring (bicyclic) bond motifs is 1. The first-order valence-electron chi connectivity index (χ1n) is 11.7. The van der Waals surface area contributed by atoms with Gasteiger partial charge >= 0.3 is 0 Å². The third-order valence-electron chi connectivity index (χ3n) is 6.30. The zero-order chi connectivity index (χ0) is 24.3. The van der Waals surface area contributed by atoms with E-state index in [4.69, 9.17) is 4.74 Å². The van der Waals surface area contributed by atoms with Crippen LogP contribution < -0.4 is 15.4 Å². The number of rotatable bonds is 6. The Morgan fingerprint density at radius 3 is 2.62 bits per heavy atom. The van der Waals surface area contributed by atoms with Crippen molar-refractivity contribution in [3.05, 3.63) is 70.4 Å². The number of hydrogen-bond donors (Lipinski definition) is 2. The minimum atomic E-state index is -0.275. The van der Waals surface area contributed by atoms with E-state index in [1.807, 2.05) is 31.2 Å². The second kappa shape index (κ2) is 9.97. The summed E-state index contributed by atoms with van der Waals surface area (Å²) in [7, 11) is 0. The lowest BCUT2D eigenvalue weighted by Gasteiger charge is -2.33. The van der Waals surface area contributed by atoms with E-state index in [1.165, 1.54) is 22.4 Å². The van der Waals surface area contributed by atoms with Crippen molar-refractivity contribution >= 4 is 33.8 Å². The first kappa shape index (κ1) is 24.0. The Bertz CT molecular complexity index is 1180. The van der Waals surface area contributed by atoms with Gasteiger partial charge in [-0.05, 0) is 67.3 Å². The number of nitrogens with zero attached hydrogens (tertiary/aromatic N) is 1. The number of aromatic nitrogens is 1. The summed E-state index contributed by atoms with van der Waals surface area (Å²) in [6, 6.07) is 10.8. The van der Waals surface area contributed by atoms with E-state index >= 15 is 0 Å². The van der Waals surface area contributed by atoms with Gasteiger partial charge < -0.3 is 15.4 Å². The molecule has 1 aliphatic carbocycles. The van der Waals surface area contributed by atoms with Crippen LogP contribution in [0.4, 0.5) is 10.7 Å². The van der Waals surface area contributed by atoms with Gasteiger partial charge in [0.25, 0.3) is 11.8 Å². The van der Waals surface area contributed by atoms with Crippen LogP contribution in [0, 0.1) is 11.3 Å². The number of para-hydroxylation sites is 2. The molecule has 7 heteroatoms. The minimum Gasteiger partial charge on any atom is -0.492 e. The van der Waals surface area contributed by atoms with Crippen LogP contribution in [0.1, 0.15) is 65.3 Å². The standard InChI is InChI=1S/C27H31N3O3S/c1-5-33-21-11-7-6-10-20(21)29-25(32)23-19-13-12-18(27(2,3)4)15-22(19)34-26(23)30-24(31)17-9-8-14-28-16-17/h6-11,14,16,18H,5,12-13,15H2,1-4H3,(H,29,32)(H,30,31)/t18-/m0/s1. The predicted octanol–water partition coefficient (Wildman–Crippen LogP) is 6.20. The van der Waals surface area contributed by atoms with Crippen LogP contribution in [-0.4, -0.2) is 23.4 Å². The lowest BCUT2D eigenvalue weighted by molar-refractivity contribution is 0.102. The average Bonchev–Trinajstić information content (AvgIpc) is 3.17. The molecule has 1 aromatic carbocycles. The van der Waals surface area contributed by atoms with Gasteiger partial charge in [0.05, 0.1) is 23.4 Å². The van der Waals surface area contributed by atoms with E-state index in [2.05, 4.69) is 36.4 Å². The molecule has 0 saturated carbocycles. The topological polar surface area (TPSA) is 80.3 Å². The molecule has 0 bridgehead atoms. The third-order valence-corrected chi connectivity index (χ3v) is 7.47. The Balaban J connectivity index is 1.69. The second-order valence-electron chi connectivity index (χ2n) is 9.59. The maximum atomic E-state index is 13.6. The zero-order valence-corrected chi connectivity index (χ0v) is 20.9. The Kier molecular flexibility index (Phi) is 7.03. The summed E-state index contributed by atoms with van der Waals surface area (Å²) in [6.07, 6.45) is 5.88. The van der Waals surface area contributed by atoms with Gasteiger partial charge in [0.15, 0.2) is 0 Å². The summed E-state index contributed by atoms with van der Waals surface area (Å²) < 4.78 is 5.68. The van der Waals surface area contributed by atoms with Gasteiger partial charge in [-0.15, -0.1) is 11.3 Å². The molecule has 0 spiro atoms. The van der Waals surface area contributed by atoms with E-state index in [9.17, 15) is 9.59 Å². The van der Waals surface area contributed by atoms with Gasteiger partial charge in [-0.25, -0.2) is 0 Å². The van der Waals surface area contributed by atoms with Crippen molar-refractivity contribution in [2.24, 2.45) is 11.3 Å². The Labute approximate surface area is 204 Å². The number of thiophene rings is 1. The molecule has 3 aromatic rings. The van der Waals surface area contributed by atoms with Crippen molar-refractivity contribution in [2.45, 2.75) is 47.0 Å². The third kappa shape index (κ3) is 5.14. The van der Waals surface area contributed by atoms with Gasteiger partial charge in [0.2, 0.25) is 0 Å². The van der Waals surface area contributed by atoms with Gasteiger partial charge in [-0.3, -0.25) is 14.6 Å². The van der Waals surface area contributed by atoms with Crippen LogP contribution in [0.3, 0.4) is 0 Å². The fourth-order valence-corrected chi connectivity index (χ4v) is 5.68. The van der Waals surface area contributed by atoms with Crippen molar-refractivity contribution in [3.63, 3.8) is 0 Å². The van der Waals surface area contributed by atoms with Crippen molar-refractivity contribution in [2.75, 3.05) is 17.2 Å². The van der Waals surface area contributed by atoms with Crippen molar-refractivity contribution in [1.82, 2.24) is 4.98 Å². The fourth-order valence-electron chi connectivity index (χ4n) is 4.36. The maximum Gasteiger partial charge on any atom is 0.259 e.